The van der Waals surface area contributed by atoms with Crippen molar-refractivity contribution in [3.8, 4) is 5.75 Å². The molecule has 3 aromatic carbocycles. The van der Waals surface area contributed by atoms with Gasteiger partial charge in [-0.3, -0.25) is 19.5 Å². The number of rotatable bonds is 3. The molecule has 0 amide bonds. The molecule has 0 fully saturated rings. The van der Waals surface area contributed by atoms with Crippen LogP contribution in [0.2, 0.25) is 10.0 Å². The molecule has 0 spiro atoms. The zero-order chi connectivity index (χ0) is 25.8. The van der Waals surface area contributed by atoms with E-state index in [1.54, 1.807) is 22.8 Å². The van der Waals surface area contributed by atoms with Crippen molar-refractivity contribution in [1.82, 2.24) is 4.57 Å². The summed E-state index contributed by atoms with van der Waals surface area (Å²) in [4.78, 5) is 30.3. The maximum Gasteiger partial charge on any atom is 0.271 e. The van der Waals surface area contributed by atoms with Crippen LogP contribution < -0.4 is 14.9 Å². The molecule has 0 radical (unpaired) electrons. The Morgan fingerprint density at radius 1 is 1.11 bits per heavy atom. The lowest BCUT2D eigenvalue weighted by atomic mass is 9.83. The quantitative estimate of drug-likeness (QED) is 0.279. The highest BCUT2D eigenvalue weighted by Crippen LogP contribution is 2.41. The normalized spacial score (nSPS) is 16.6. The maximum atomic E-state index is 13.8. The molecule has 1 aliphatic heterocycles. The van der Waals surface area contributed by atoms with E-state index in [9.17, 15) is 20.0 Å². The van der Waals surface area contributed by atoms with Gasteiger partial charge in [0.25, 0.3) is 11.2 Å². The summed E-state index contributed by atoms with van der Waals surface area (Å²) in [6.07, 6.45) is 2.98. The molecule has 4 aromatic rings. The van der Waals surface area contributed by atoms with Gasteiger partial charge in [0.15, 0.2) is 4.80 Å². The van der Waals surface area contributed by atoms with E-state index in [1.165, 1.54) is 41.2 Å². The number of aromatic nitrogens is 1. The van der Waals surface area contributed by atoms with Crippen LogP contribution in [-0.2, 0) is 6.42 Å². The monoisotopic (exact) mass is 549 g/mol. The topological polar surface area (TPSA) is 97.7 Å². The van der Waals surface area contributed by atoms with Crippen molar-refractivity contribution in [2.45, 2.75) is 18.9 Å². The first-order valence-electron chi connectivity index (χ1n) is 11.4. The number of halogens is 2. The highest BCUT2D eigenvalue weighted by molar-refractivity contribution is 7.07. The Labute approximate surface area is 224 Å². The second-order valence-corrected chi connectivity index (χ2v) is 10.6. The maximum absolute atomic E-state index is 13.8. The van der Waals surface area contributed by atoms with Crippen LogP contribution >= 0.6 is 34.5 Å². The van der Waals surface area contributed by atoms with Gasteiger partial charge >= 0.3 is 0 Å². The number of phenols is 1. The van der Waals surface area contributed by atoms with Crippen molar-refractivity contribution in [1.29, 1.82) is 0 Å². The third-order valence-electron chi connectivity index (χ3n) is 6.61. The van der Waals surface area contributed by atoms with Gasteiger partial charge in [0.2, 0.25) is 0 Å². The predicted octanol–water partition coefficient (Wildman–Crippen LogP) is 5.24. The third-order valence-corrected chi connectivity index (χ3v) is 8.10. The van der Waals surface area contributed by atoms with E-state index in [4.69, 9.17) is 28.2 Å². The number of hydrogen-bond donors (Lipinski definition) is 1. The van der Waals surface area contributed by atoms with E-state index in [2.05, 4.69) is 6.07 Å². The molecule has 37 heavy (non-hydrogen) atoms. The molecule has 7 nitrogen and oxygen atoms in total. The highest BCUT2D eigenvalue weighted by Gasteiger charge is 2.33. The minimum Gasteiger partial charge on any atom is -0.506 e. The summed E-state index contributed by atoms with van der Waals surface area (Å²) in [5.41, 5.74) is 4.47. The van der Waals surface area contributed by atoms with Crippen LogP contribution in [0.15, 0.2) is 76.0 Å². The fourth-order valence-electron chi connectivity index (χ4n) is 4.97. The van der Waals surface area contributed by atoms with Crippen LogP contribution in [0.5, 0.6) is 5.75 Å². The van der Waals surface area contributed by atoms with Crippen molar-refractivity contribution >= 4 is 52.0 Å². The van der Waals surface area contributed by atoms with Gasteiger partial charge in [0, 0.05) is 28.3 Å². The molecular weight excluding hydrogens is 533 g/mol. The largest absolute Gasteiger partial charge is 0.506 e. The van der Waals surface area contributed by atoms with Gasteiger partial charge in [0.1, 0.15) is 5.75 Å². The zero-order valence-corrected chi connectivity index (χ0v) is 21.3. The van der Waals surface area contributed by atoms with E-state index in [-0.39, 0.29) is 22.0 Å². The number of phenolic OH excluding ortho intramolecular Hbond substituents is 1. The second kappa shape index (κ2) is 8.99. The average molecular weight is 550 g/mol. The lowest BCUT2D eigenvalue weighted by Crippen LogP contribution is -2.38. The first kappa shape index (κ1) is 23.7. The first-order chi connectivity index (χ1) is 17.8. The van der Waals surface area contributed by atoms with E-state index in [0.29, 0.717) is 31.9 Å². The standard InChI is InChI=1S/C27H17Cl2N3O4S/c28-17-10-16(25(33)21(29)13-17)12-22-26(34)31-24(15-5-3-6-18(11-15)32(35)36)20-9-8-14-4-1-2-7-19(14)23(20)30-27(31)37-22/h1-7,10-13,24,33H,8-9H2. The van der Waals surface area contributed by atoms with E-state index in [0.717, 1.165) is 23.3 Å². The van der Waals surface area contributed by atoms with Gasteiger partial charge in [0.05, 0.1) is 26.2 Å². The highest BCUT2D eigenvalue weighted by atomic mass is 35.5. The summed E-state index contributed by atoms with van der Waals surface area (Å²) >= 11 is 13.4. The number of allylic oxidation sites excluding steroid dienone is 1. The number of benzene rings is 3. The van der Waals surface area contributed by atoms with Crippen LogP contribution in [0.1, 0.15) is 34.7 Å². The molecule has 1 aliphatic carbocycles. The van der Waals surface area contributed by atoms with Crippen molar-refractivity contribution in [2.24, 2.45) is 4.99 Å². The molecule has 0 saturated carbocycles. The smallest absolute Gasteiger partial charge is 0.271 e. The zero-order valence-electron chi connectivity index (χ0n) is 19.0. The number of non-ortho nitro benzene ring substituents is 1. The predicted molar refractivity (Wildman–Crippen MR) is 144 cm³/mol. The minimum absolute atomic E-state index is 0.0477. The Bertz CT molecular complexity index is 1840. The van der Waals surface area contributed by atoms with Crippen LogP contribution in [-0.4, -0.2) is 14.6 Å². The minimum atomic E-state index is -0.557. The fourth-order valence-corrected chi connectivity index (χ4v) is 6.47. The Kier molecular flexibility index (Phi) is 5.75. The molecule has 1 aromatic heterocycles. The van der Waals surface area contributed by atoms with Gasteiger partial charge in [-0.25, -0.2) is 4.99 Å². The molecule has 0 bridgehead atoms. The molecule has 0 saturated heterocycles. The van der Waals surface area contributed by atoms with E-state index < -0.39 is 11.0 Å². The van der Waals surface area contributed by atoms with Gasteiger partial charge in [-0.2, -0.15) is 0 Å². The van der Waals surface area contributed by atoms with Gasteiger partial charge < -0.3 is 5.11 Å². The molecule has 1 N–H and O–H groups in total. The van der Waals surface area contributed by atoms with Crippen molar-refractivity contribution in [3.05, 3.63) is 128 Å². The summed E-state index contributed by atoms with van der Waals surface area (Å²) < 4.78 is 1.92. The Morgan fingerprint density at radius 2 is 1.92 bits per heavy atom. The molecule has 2 aliphatic rings. The molecule has 1 atom stereocenters. The summed E-state index contributed by atoms with van der Waals surface area (Å²) in [5, 5.41) is 22.4. The Morgan fingerprint density at radius 3 is 2.73 bits per heavy atom. The first-order valence-corrected chi connectivity index (χ1v) is 12.9. The molecule has 2 heterocycles. The number of nitro benzene ring substituents is 1. The fraction of sp³-hybridized carbons (Fsp3) is 0.111. The summed E-state index contributed by atoms with van der Waals surface area (Å²) in [5.74, 6) is -0.180. The van der Waals surface area contributed by atoms with Gasteiger partial charge in [-0.15, -0.1) is 0 Å². The molecule has 1 unspecified atom stereocenters. The third kappa shape index (κ3) is 3.98. The number of hydrogen-bond acceptors (Lipinski definition) is 6. The van der Waals surface area contributed by atoms with Crippen LogP contribution in [0, 0.1) is 10.1 Å². The van der Waals surface area contributed by atoms with E-state index >= 15 is 0 Å². The molecule has 10 heteroatoms. The summed E-state index contributed by atoms with van der Waals surface area (Å²) in [6.45, 7) is 0. The van der Waals surface area contributed by atoms with Crippen LogP contribution in [0.4, 0.5) is 5.69 Å². The van der Waals surface area contributed by atoms with Crippen LogP contribution in [0.25, 0.3) is 11.8 Å². The summed E-state index contributed by atoms with van der Waals surface area (Å²) in [7, 11) is 0. The Hall–Kier alpha value is -3.72. The van der Waals surface area contributed by atoms with E-state index in [1.807, 2.05) is 18.2 Å². The van der Waals surface area contributed by atoms with Crippen LogP contribution in [0.3, 0.4) is 0 Å². The molecule has 6 rings (SSSR count). The lowest BCUT2D eigenvalue weighted by molar-refractivity contribution is -0.384. The SMILES string of the molecule is O=c1c(=Cc2cc(Cl)cc(Cl)c2O)sc2n1C(c1cccc([N+](=O)[O-])c1)C1=C(N=2)c2ccccc2CC1. The van der Waals surface area contributed by atoms with Gasteiger partial charge in [-0.1, -0.05) is 70.9 Å². The second-order valence-electron chi connectivity index (χ2n) is 8.79. The summed E-state index contributed by atoms with van der Waals surface area (Å²) in [6, 6.07) is 16.8. The number of fused-ring (bicyclic) bond motifs is 3. The number of nitrogens with zero attached hydrogens (tertiary/aromatic N) is 3. The molecule has 184 valence electrons. The average Bonchev–Trinajstić information content (AvgIpc) is 3.20. The molecular formula is C27H17Cl2N3O4S. The number of nitro groups is 1. The lowest BCUT2D eigenvalue weighted by Gasteiger charge is -2.30. The van der Waals surface area contributed by atoms with Crippen molar-refractivity contribution in [2.75, 3.05) is 0 Å². The number of aromatic hydroxyl groups is 1. The number of thiazole rings is 1. The van der Waals surface area contributed by atoms with Crippen molar-refractivity contribution in [3.63, 3.8) is 0 Å². The Balaban J connectivity index is 1.64. The number of aryl methyl sites for hydroxylation is 1. The van der Waals surface area contributed by atoms with Crippen molar-refractivity contribution < 1.29 is 10.0 Å². The van der Waals surface area contributed by atoms with Gasteiger partial charge in [-0.05, 0) is 47.8 Å².